The minimum absolute atomic E-state index is 0.115. The fraction of sp³-hybridized carbons (Fsp3) is 0.355. The Kier molecular flexibility index (Phi) is 9.04. The third-order valence-electron chi connectivity index (χ3n) is 6.84. The van der Waals surface area contributed by atoms with Gasteiger partial charge in [-0.3, -0.25) is 14.5 Å². The summed E-state index contributed by atoms with van der Waals surface area (Å²) in [5, 5.41) is 11.5. The Morgan fingerprint density at radius 2 is 1.77 bits per heavy atom. The number of hydrogen-bond donors (Lipinski definition) is 1. The number of carbonyl (C=O) groups excluding carboxylic acids is 2. The molecule has 0 fully saturated rings. The predicted molar refractivity (Wildman–Crippen MR) is 156 cm³/mol. The SMILES string of the molecule is COc1cccc(C(C(=O)NCCC(C)C)N(C(=O)Cn2nnc3ccccc32)c2ccc(C)cc2C)c1OC. The lowest BCUT2D eigenvalue weighted by molar-refractivity contribution is -0.127. The second-order valence-corrected chi connectivity index (χ2v) is 10.2. The van der Waals surface area contributed by atoms with Gasteiger partial charge >= 0.3 is 0 Å². The first kappa shape index (κ1) is 28.6. The molecular weight excluding hydrogens is 506 g/mol. The van der Waals surface area contributed by atoms with E-state index in [9.17, 15) is 9.59 Å². The summed E-state index contributed by atoms with van der Waals surface area (Å²) in [5.41, 5.74) is 4.46. The number of hydrogen-bond acceptors (Lipinski definition) is 6. The van der Waals surface area contributed by atoms with Gasteiger partial charge in [-0.1, -0.05) is 61.0 Å². The monoisotopic (exact) mass is 543 g/mol. The van der Waals surface area contributed by atoms with E-state index in [1.165, 1.54) is 7.11 Å². The molecular formula is C31H37N5O4. The summed E-state index contributed by atoms with van der Waals surface area (Å²) < 4.78 is 12.9. The summed E-state index contributed by atoms with van der Waals surface area (Å²) in [6.45, 7) is 8.48. The highest BCUT2D eigenvalue weighted by atomic mass is 16.5. The standard InChI is InChI=1S/C31H37N5O4/c1-20(2)16-17-32-31(38)29(23-10-9-13-27(39-5)30(23)40-6)36(25-15-14-21(3)18-22(25)4)28(37)19-35-26-12-8-7-11-24(26)33-34-35/h7-15,18,20,29H,16-17,19H2,1-6H3,(H,32,38). The minimum atomic E-state index is -1.04. The first-order chi connectivity index (χ1) is 19.2. The van der Waals surface area contributed by atoms with Gasteiger partial charge in [0, 0.05) is 17.8 Å². The van der Waals surface area contributed by atoms with E-state index in [0.29, 0.717) is 40.7 Å². The summed E-state index contributed by atoms with van der Waals surface area (Å²) in [5.74, 6) is 0.626. The Balaban J connectivity index is 1.88. The number of ether oxygens (including phenoxy) is 2. The summed E-state index contributed by atoms with van der Waals surface area (Å²) in [7, 11) is 3.07. The van der Waals surface area contributed by atoms with Crippen LogP contribution in [0.3, 0.4) is 0 Å². The molecule has 4 aromatic rings. The Hall–Kier alpha value is -4.40. The summed E-state index contributed by atoms with van der Waals surface area (Å²) in [6.07, 6.45) is 0.802. The zero-order valence-corrected chi connectivity index (χ0v) is 24.0. The molecule has 0 bridgehead atoms. The smallest absolute Gasteiger partial charge is 0.249 e. The normalized spacial score (nSPS) is 11.9. The topological polar surface area (TPSA) is 98.6 Å². The number of para-hydroxylation sites is 2. The number of methoxy groups -OCH3 is 2. The van der Waals surface area contributed by atoms with Crippen molar-refractivity contribution >= 4 is 28.5 Å². The molecule has 0 aliphatic rings. The van der Waals surface area contributed by atoms with Gasteiger partial charge in [0.1, 0.15) is 18.1 Å². The van der Waals surface area contributed by atoms with Crippen LogP contribution in [0.15, 0.2) is 60.7 Å². The lowest BCUT2D eigenvalue weighted by Crippen LogP contribution is -2.46. The van der Waals surface area contributed by atoms with Crippen LogP contribution in [0, 0.1) is 19.8 Å². The third kappa shape index (κ3) is 6.09. The maximum Gasteiger partial charge on any atom is 0.249 e. The van der Waals surface area contributed by atoms with Crippen LogP contribution in [-0.4, -0.2) is 47.6 Å². The van der Waals surface area contributed by atoms with Crippen molar-refractivity contribution in [3.8, 4) is 11.5 Å². The number of anilines is 1. The second-order valence-electron chi connectivity index (χ2n) is 10.2. The van der Waals surface area contributed by atoms with Gasteiger partial charge in [-0.25, -0.2) is 4.68 Å². The van der Waals surface area contributed by atoms with Gasteiger partial charge in [0.05, 0.1) is 19.7 Å². The van der Waals surface area contributed by atoms with Crippen LogP contribution in [0.4, 0.5) is 5.69 Å². The van der Waals surface area contributed by atoms with Crippen molar-refractivity contribution in [3.05, 3.63) is 77.4 Å². The largest absolute Gasteiger partial charge is 0.493 e. The number of nitrogens with zero attached hydrogens (tertiary/aromatic N) is 4. The Bertz CT molecular complexity index is 1500. The van der Waals surface area contributed by atoms with Crippen molar-refractivity contribution in [3.63, 3.8) is 0 Å². The second kappa shape index (κ2) is 12.6. The molecule has 1 atom stereocenters. The van der Waals surface area contributed by atoms with Crippen LogP contribution in [-0.2, 0) is 16.1 Å². The van der Waals surface area contributed by atoms with Crippen molar-refractivity contribution in [2.24, 2.45) is 5.92 Å². The maximum atomic E-state index is 14.3. The van der Waals surface area contributed by atoms with E-state index >= 15 is 0 Å². The first-order valence-corrected chi connectivity index (χ1v) is 13.4. The molecule has 9 heteroatoms. The number of benzene rings is 3. The fourth-order valence-electron chi connectivity index (χ4n) is 4.84. The third-order valence-corrected chi connectivity index (χ3v) is 6.84. The highest BCUT2D eigenvalue weighted by Gasteiger charge is 2.36. The number of fused-ring (bicyclic) bond motifs is 1. The van der Waals surface area contributed by atoms with E-state index in [2.05, 4.69) is 29.5 Å². The van der Waals surface area contributed by atoms with Gasteiger partial charge < -0.3 is 14.8 Å². The van der Waals surface area contributed by atoms with Crippen LogP contribution in [0.25, 0.3) is 11.0 Å². The van der Waals surface area contributed by atoms with Gasteiger partial charge in [0.25, 0.3) is 0 Å². The molecule has 0 spiro atoms. The van der Waals surface area contributed by atoms with E-state index in [4.69, 9.17) is 9.47 Å². The molecule has 3 aromatic carbocycles. The lowest BCUT2D eigenvalue weighted by atomic mass is 9.99. The number of aromatic nitrogens is 3. The van der Waals surface area contributed by atoms with E-state index in [1.807, 2.05) is 56.3 Å². The molecule has 1 aromatic heterocycles. The molecule has 1 N–H and O–H groups in total. The van der Waals surface area contributed by atoms with Crippen molar-refractivity contribution in [2.45, 2.75) is 46.7 Å². The van der Waals surface area contributed by atoms with Crippen LogP contribution in [0.1, 0.15) is 43.0 Å². The maximum absolute atomic E-state index is 14.3. The van der Waals surface area contributed by atoms with Gasteiger partial charge in [0.15, 0.2) is 11.5 Å². The summed E-state index contributed by atoms with van der Waals surface area (Å²) >= 11 is 0. The Labute approximate surface area is 235 Å². The molecule has 9 nitrogen and oxygen atoms in total. The van der Waals surface area contributed by atoms with Crippen molar-refractivity contribution in [1.82, 2.24) is 20.3 Å². The zero-order chi connectivity index (χ0) is 28.8. The van der Waals surface area contributed by atoms with Crippen LogP contribution in [0.2, 0.25) is 0 Å². The van der Waals surface area contributed by atoms with Crippen LogP contribution < -0.4 is 19.7 Å². The number of rotatable bonds is 11. The molecule has 210 valence electrons. The van der Waals surface area contributed by atoms with Crippen LogP contribution >= 0.6 is 0 Å². The zero-order valence-electron chi connectivity index (χ0n) is 24.0. The number of carbonyl (C=O) groups is 2. The molecule has 4 rings (SSSR count). The molecule has 40 heavy (non-hydrogen) atoms. The number of aryl methyl sites for hydroxylation is 2. The molecule has 0 aliphatic carbocycles. The predicted octanol–water partition coefficient (Wildman–Crippen LogP) is 5.00. The van der Waals surface area contributed by atoms with Gasteiger partial charge in [-0.15, -0.1) is 5.10 Å². The quantitative estimate of drug-likeness (QED) is 0.286. The van der Waals surface area contributed by atoms with E-state index in [1.54, 1.807) is 34.9 Å². The molecule has 0 aliphatic heterocycles. The van der Waals surface area contributed by atoms with Gasteiger partial charge in [-0.05, 0) is 56.0 Å². The highest BCUT2D eigenvalue weighted by Crippen LogP contribution is 2.40. The molecule has 0 radical (unpaired) electrons. The molecule has 0 saturated heterocycles. The van der Waals surface area contributed by atoms with E-state index in [0.717, 1.165) is 23.1 Å². The molecule has 0 saturated carbocycles. The van der Waals surface area contributed by atoms with E-state index in [-0.39, 0.29) is 18.4 Å². The van der Waals surface area contributed by atoms with Crippen LogP contribution in [0.5, 0.6) is 11.5 Å². The molecule has 2 amide bonds. The van der Waals surface area contributed by atoms with E-state index < -0.39 is 6.04 Å². The summed E-state index contributed by atoms with van der Waals surface area (Å²) in [4.78, 5) is 30.0. The average molecular weight is 544 g/mol. The Morgan fingerprint density at radius 1 is 1.00 bits per heavy atom. The number of amides is 2. The fourth-order valence-corrected chi connectivity index (χ4v) is 4.84. The van der Waals surface area contributed by atoms with Crippen molar-refractivity contribution in [1.29, 1.82) is 0 Å². The number of nitrogens with one attached hydrogen (secondary N) is 1. The van der Waals surface area contributed by atoms with Gasteiger partial charge in [-0.2, -0.15) is 0 Å². The first-order valence-electron chi connectivity index (χ1n) is 13.4. The van der Waals surface area contributed by atoms with Crippen molar-refractivity contribution in [2.75, 3.05) is 25.7 Å². The lowest BCUT2D eigenvalue weighted by Gasteiger charge is -2.33. The summed E-state index contributed by atoms with van der Waals surface area (Å²) in [6, 6.07) is 17.6. The highest BCUT2D eigenvalue weighted by molar-refractivity contribution is 6.02. The Morgan fingerprint density at radius 3 is 2.48 bits per heavy atom. The van der Waals surface area contributed by atoms with Gasteiger partial charge in [0.2, 0.25) is 11.8 Å². The molecule has 1 heterocycles. The average Bonchev–Trinajstić information content (AvgIpc) is 3.34. The van der Waals surface area contributed by atoms with Crippen molar-refractivity contribution < 1.29 is 19.1 Å². The minimum Gasteiger partial charge on any atom is -0.493 e. The molecule has 1 unspecified atom stereocenters.